The zero-order valence-corrected chi connectivity index (χ0v) is 14.6. The summed E-state index contributed by atoms with van der Waals surface area (Å²) in [6.45, 7) is 2.68. The second-order valence-corrected chi connectivity index (χ2v) is 6.31. The lowest BCUT2D eigenvalue weighted by molar-refractivity contribution is -0.142. The molecular weight excluding hydrogens is 351 g/mol. The number of likely N-dealkylation sites (tertiary alicyclic amines) is 1. The van der Waals surface area contributed by atoms with Crippen molar-refractivity contribution in [3.05, 3.63) is 35.6 Å². The molecular formula is C17H22ClFN2O4. The van der Waals surface area contributed by atoms with Crippen LogP contribution in [0.5, 0.6) is 0 Å². The van der Waals surface area contributed by atoms with Crippen molar-refractivity contribution in [1.82, 2.24) is 9.80 Å². The Labute approximate surface area is 152 Å². The van der Waals surface area contributed by atoms with Crippen molar-refractivity contribution in [2.45, 2.75) is 12.5 Å². The summed E-state index contributed by atoms with van der Waals surface area (Å²) in [5.74, 6) is -1.50. The summed E-state index contributed by atoms with van der Waals surface area (Å²) in [4.78, 5) is 27.1. The van der Waals surface area contributed by atoms with Crippen LogP contribution in [0.1, 0.15) is 18.1 Å². The highest BCUT2D eigenvalue weighted by atomic mass is 35.5. The van der Waals surface area contributed by atoms with E-state index in [1.165, 1.54) is 12.1 Å². The van der Waals surface area contributed by atoms with Crippen LogP contribution < -0.4 is 0 Å². The summed E-state index contributed by atoms with van der Waals surface area (Å²) in [5, 5.41) is 9.03. The molecule has 2 atom stereocenters. The van der Waals surface area contributed by atoms with Gasteiger partial charge in [0.15, 0.2) is 0 Å². The quantitative estimate of drug-likeness (QED) is 0.868. The summed E-state index contributed by atoms with van der Waals surface area (Å²) in [6, 6.07) is 6.11. The maximum absolute atomic E-state index is 13.0. The maximum Gasteiger partial charge on any atom is 0.307 e. The molecule has 1 aromatic carbocycles. The highest BCUT2D eigenvalue weighted by Gasteiger charge is 2.31. The molecule has 25 heavy (non-hydrogen) atoms. The van der Waals surface area contributed by atoms with Gasteiger partial charge in [-0.25, -0.2) is 4.39 Å². The summed E-state index contributed by atoms with van der Waals surface area (Å²) >= 11 is 0. The minimum Gasteiger partial charge on any atom is -0.481 e. The Balaban J connectivity index is 0.00000225. The van der Waals surface area contributed by atoms with Crippen molar-refractivity contribution in [3.63, 3.8) is 0 Å². The molecule has 6 nitrogen and oxygen atoms in total. The molecule has 138 valence electrons. The third kappa shape index (κ3) is 4.90. The second-order valence-electron chi connectivity index (χ2n) is 6.31. The van der Waals surface area contributed by atoms with E-state index in [1.54, 1.807) is 17.0 Å². The fourth-order valence-electron chi connectivity index (χ4n) is 3.22. The first-order valence-electron chi connectivity index (χ1n) is 8.13. The van der Waals surface area contributed by atoms with Gasteiger partial charge < -0.3 is 14.7 Å². The normalized spacial score (nSPS) is 24.0. The molecule has 0 radical (unpaired) electrons. The number of halogens is 2. The number of rotatable bonds is 4. The van der Waals surface area contributed by atoms with Gasteiger partial charge in [-0.15, -0.1) is 12.4 Å². The molecule has 2 aliphatic rings. The van der Waals surface area contributed by atoms with E-state index in [4.69, 9.17) is 9.84 Å². The third-order valence-corrected chi connectivity index (χ3v) is 4.64. The Morgan fingerprint density at radius 2 is 1.92 bits per heavy atom. The first kappa shape index (κ1) is 19.6. The summed E-state index contributed by atoms with van der Waals surface area (Å²) in [7, 11) is 0. The van der Waals surface area contributed by atoms with Crippen molar-refractivity contribution < 1.29 is 23.8 Å². The molecule has 2 fully saturated rings. The molecule has 0 bridgehead atoms. The van der Waals surface area contributed by atoms with Gasteiger partial charge in [-0.05, 0) is 30.7 Å². The van der Waals surface area contributed by atoms with Gasteiger partial charge in [0.25, 0.3) is 0 Å². The van der Waals surface area contributed by atoms with Crippen LogP contribution in [-0.2, 0) is 14.3 Å². The van der Waals surface area contributed by atoms with E-state index in [2.05, 4.69) is 0 Å². The van der Waals surface area contributed by atoms with Gasteiger partial charge in [0, 0.05) is 13.1 Å². The van der Waals surface area contributed by atoms with Crippen molar-refractivity contribution >= 4 is 24.3 Å². The molecule has 0 aliphatic carbocycles. The van der Waals surface area contributed by atoms with Crippen LogP contribution in [0, 0.1) is 11.7 Å². The van der Waals surface area contributed by atoms with Gasteiger partial charge in [-0.3, -0.25) is 14.5 Å². The largest absolute Gasteiger partial charge is 0.481 e. The maximum atomic E-state index is 13.0. The van der Waals surface area contributed by atoms with Crippen LogP contribution in [0.4, 0.5) is 4.39 Å². The van der Waals surface area contributed by atoms with E-state index in [9.17, 15) is 14.0 Å². The lowest BCUT2D eigenvalue weighted by Crippen LogP contribution is -2.46. The van der Waals surface area contributed by atoms with Crippen LogP contribution in [0.2, 0.25) is 0 Å². The summed E-state index contributed by atoms with van der Waals surface area (Å²) in [5.41, 5.74) is 0.848. The van der Waals surface area contributed by atoms with Crippen LogP contribution in [-0.4, -0.2) is 66.1 Å². The number of carbonyl (C=O) groups is 2. The van der Waals surface area contributed by atoms with E-state index >= 15 is 0 Å². The number of aliphatic carboxylic acids is 1. The van der Waals surface area contributed by atoms with Gasteiger partial charge in [0.1, 0.15) is 11.9 Å². The fourth-order valence-corrected chi connectivity index (χ4v) is 3.22. The van der Waals surface area contributed by atoms with Gasteiger partial charge in [0.2, 0.25) is 5.91 Å². The first-order valence-corrected chi connectivity index (χ1v) is 8.13. The number of nitrogens with zero attached hydrogens (tertiary/aromatic N) is 2. The molecule has 1 N–H and O–H groups in total. The molecule has 0 spiro atoms. The Morgan fingerprint density at radius 1 is 1.20 bits per heavy atom. The number of carboxylic acid groups (broad SMARTS) is 1. The first-order chi connectivity index (χ1) is 11.5. The molecule has 0 saturated carbocycles. The Hall–Kier alpha value is -1.70. The average molecular weight is 373 g/mol. The number of benzene rings is 1. The highest BCUT2D eigenvalue weighted by molar-refractivity contribution is 5.85. The predicted molar refractivity (Wildman–Crippen MR) is 91.1 cm³/mol. The van der Waals surface area contributed by atoms with Gasteiger partial charge in [-0.1, -0.05) is 12.1 Å². The van der Waals surface area contributed by atoms with E-state index in [0.29, 0.717) is 39.2 Å². The SMILES string of the molecule is Cl.O=C(O)C1CCN(CC(=O)N2CCOC(c3ccc(F)cc3)C2)C1. The molecule has 2 unspecified atom stereocenters. The molecule has 3 rings (SSSR count). The number of hydrogen-bond acceptors (Lipinski definition) is 4. The average Bonchev–Trinajstić information content (AvgIpc) is 3.04. The Morgan fingerprint density at radius 3 is 2.56 bits per heavy atom. The minimum absolute atomic E-state index is 0. The Kier molecular flexibility index (Phi) is 6.75. The molecule has 2 saturated heterocycles. The topological polar surface area (TPSA) is 70.1 Å². The third-order valence-electron chi connectivity index (χ3n) is 4.64. The van der Waals surface area contributed by atoms with Gasteiger partial charge >= 0.3 is 5.97 Å². The summed E-state index contributed by atoms with van der Waals surface area (Å²) < 4.78 is 18.7. The van der Waals surface area contributed by atoms with Crippen LogP contribution in [0.25, 0.3) is 0 Å². The fraction of sp³-hybridized carbons (Fsp3) is 0.529. The van der Waals surface area contributed by atoms with E-state index in [-0.39, 0.29) is 42.7 Å². The van der Waals surface area contributed by atoms with Gasteiger partial charge in [-0.2, -0.15) is 0 Å². The lowest BCUT2D eigenvalue weighted by atomic mass is 10.1. The number of morpholine rings is 1. The number of carboxylic acids is 1. The van der Waals surface area contributed by atoms with E-state index in [1.807, 2.05) is 4.90 Å². The van der Waals surface area contributed by atoms with E-state index < -0.39 is 5.97 Å². The smallest absolute Gasteiger partial charge is 0.307 e. The lowest BCUT2D eigenvalue weighted by Gasteiger charge is -2.34. The Bertz CT molecular complexity index is 613. The summed E-state index contributed by atoms with van der Waals surface area (Å²) in [6.07, 6.45) is 0.331. The molecule has 8 heteroatoms. The molecule has 0 aromatic heterocycles. The second kappa shape index (κ2) is 8.60. The monoisotopic (exact) mass is 372 g/mol. The van der Waals surface area contributed by atoms with Crippen LogP contribution in [0.3, 0.4) is 0 Å². The molecule has 1 aromatic rings. The zero-order valence-electron chi connectivity index (χ0n) is 13.8. The molecule has 1 amide bonds. The van der Waals surface area contributed by atoms with E-state index in [0.717, 1.165) is 5.56 Å². The van der Waals surface area contributed by atoms with Crippen LogP contribution >= 0.6 is 12.4 Å². The number of amides is 1. The van der Waals surface area contributed by atoms with Crippen molar-refractivity contribution in [2.75, 3.05) is 39.3 Å². The standard InChI is InChI=1S/C17H21FN2O4.ClH/c18-14-3-1-12(2-4-14)15-10-20(7-8-24-15)16(21)11-19-6-5-13(9-19)17(22)23;/h1-4,13,15H,5-11H2,(H,22,23);1H. The highest BCUT2D eigenvalue weighted by Crippen LogP contribution is 2.23. The predicted octanol–water partition coefficient (Wildman–Crippen LogP) is 1.55. The van der Waals surface area contributed by atoms with Crippen molar-refractivity contribution in [2.24, 2.45) is 5.92 Å². The van der Waals surface area contributed by atoms with Crippen LogP contribution in [0.15, 0.2) is 24.3 Å². The minimum atomic E-state index is -0.798. The van der Waals surface area contributed by atoms with Crippen molar-refractivity contribution in [3.8, 4) is 0 Å². The zero-order chi connectivity index (χ0) is 17.1. The van der Waals surface area contributed by atoms with Crippen molar-refractivity contribution in [1.29, 1.82) is 0 Å². The molecule has 2 heterocycles. The number of carbonyl (C=O) groups excluding carboxylic acids is 1. The molecule has 2 aliphatic heterocycles. The number of ether oxygens (including phenoxy) is 1. The van der Waals surface area contributed by atoms with Gasteiger partial charge in [0.05, 0.1) is 25.6 Å². The number of hydrogen-bond donors (Lipinski definition) is 1.